The van der Waals surface area contributed by atoms with Gasteiger partial charge in [0.1, 0.15) is 6.10 Å². The summed E-state index contributed by atoms with van der Waals surface area (Å²) in [4.78, 5) is 0. The van der Waals surface area contributed by atoms with Gasteiger partial charge in [0.15, 0.2) is 0 Å². The van der Waals surface area contributed by atoms with Crippen molar-refractivity contribution in [1.82, 2.24) is 0 Å². The predicted molar refractivity (Wildman–Crippen MR) is 124 cm³/mol. The molecule has 0 aromatic rings. The molecular weight excluding hydrogens is 384 g/mol. The first-order valence-electron chi connectivity index (χ1n) is 11.0. The van der Waals surface area contributed by atoms with Crippen molar-refractivity contribution in [3.63, 3.8) is 0 Å². The van der Waals surface area contributed by atoms with Crippen LogP contribution in [0.5, 0.6) is 0 Å². The molecule has 0 aliphatic carbocycles. The second-order valence-corrected chi connectivity index (χ2v) is 7.67. The van der Waals surface area contributed by atoms with E-state index in [9.17, 15) is 5.11 Å². The Labute approximate surface area is 184 Å². The lowest BCUT2D eigenvalue weighted by atomic mass is 9.91. The molecule has 1 aliphatic heterocycles. The van der Waals surface area contributed by atoms with E-state index in [4.69, 9.17) is 24.4 Å². The van der Waals surface area contributed by atoms with Crippen LogP contribution >= 0.6 is 0 Å². The van der Waals surface area contributed by atoms with Crippen LogP contribution in [0.4, 0.5) is 0 Å². The zero-order valence-corrected chi connectivity index (χ0v) is 20.5. The van der Waals surface area contributed by atoms with E-state index in [1.165, 1.54) is 5.57 Å². The fourth-order valence-electron chi connectivity index (χ4n) is 3.71. The first kappa shape index (κ1) is 31.4. The second kappa shape index (κ2) is 20.2. The summed E-state index contributed by atoms with van der Waals surface area (Å²) in [5, 5.41) is 24.4. The van der Waals surface area contributed by atoms with Gasteiger partial charge in [0.05, 0.1) is 18.3 Å². The van der Waals surface area contributed by atoms with Gasteiger partial charge in [0.2, 0.25) is 0 Å². The van der Waals surface area contributed by atoms with Gasteiger partial charge in [0, 0.05) is 41.0 Å². The number of rotatable bonds is 11. The first-order valence-corrected chi connectivity index (χ1v) is 11.0. The average Bonchev–Trinajstić information content (AvgIpc) is 2.80. The number of hydrogen-bond acceptors (Lipinski definition) is 6. The Kier molecular flexibility index (Phi) is 21.1. The standard InChI is InChI=1S/C22H40O4.2CH4O/c1-7-20(24-5)17(3)13-14-19(23)16(2)10-8-11-18(4)22-21(25-6)12-9-15-26-22;2*1-2/h8,10-11,16-17,19-23H,7,9,12-15H2,1-6H3;2*2H,1H3/b10-8+,18-11+;;. The molecule has 0 spiro atoms. The second-order valence-electron chi connectivity index (χ2n) is 7.67. The third-order valence-electron chi connectivity index (χ3n) is 5.66. The van der Waals surface area contributed by atoms with Crippen LogP contribution in [0.2, 0.25) is 0 Å². The van der Waals surface area contributed by atoms with Gasteiger partial charge in [-0.05, 0) is 50.5 Å². The Hall–Kier alpha value is -0.760. The van der Waals surface area contributed by atoms with Crippen LogP contribution in [0, 0.1) is 11.8 Å². The Bertz CT molecular complexity index is 433. The van der Waals surface area contributed by atoms with Crippen molar-refractivity contribution < 1.29 is 29.5 Å². The molecule has 6 unspecified atom stereocenters. The van der Waals surface area contributed by atoms with E-state index >= 15 is 0 Å². The van der Waals surface area contributed by atoms with Crippen molar-refractivity contribution >= 4 is 0 Å². The van der Waals surface area contributed by atoms with Crippen molar-refractivity contribution in [2.24, 2.45) is 11.8 Å². The summed E-state index contributed by atoms with van der Waals surface area (Å²) in [6.45, 7) is 9.30. The molecule has 1 rings (SSSR count). The van der Waals surface area contributed by atoms with Gasteiger partial charge in [-0.1, -0.05) is 39.0 Å². The van der Waals surface area contributed by atoms with E-state index < -0.39 is 0 Å². The van der Waals surface area contributed by atoms with Gasteiger partial charge < -0.3 is 29.5 Å². The van der Waals surface area contributed by atoms with E-state index in [1.807, 2.05) is 6.08 Å². The highest BCUT2D eigenvalue weighted by atomic mass is 16.5. The Balaban J connectivity index is 0. The molecule has 1 aliphatic rings. The number of aliphatic hydroxyl groups is 3. The molecule has 1 saturated heterocycles. The van der Waals surface area contributed by atoms with E-state index in [0.29, 0.717) is 5.92 Å². The largest absolute Gasteiger partial charge is 0.400 e. The van der Waals surface area contributed by atoms with Crippen molar-refractivity contribution in [3.05, 3.63) is 23.8 Å². The quantitative estimate of drug-likeness (QED) is 0.431. The minimum absolute atomic E-state index is 0.0412. The molecule has 3 N–H and O–H groups in total. The van der Waals surface area contributed by atoms with Gasteiger partial charge in [-0.15, -0.1) is 0 Å². The maximum atomic E-state index is 10.4. The minimum Gasteiger partial charge on any atom is -0.400 e. The lowest BCUT2D eigenvalue weighted by Gasteiger charge is -2.31. The molecule has 0 amide bonds. The molecule has 1 heterocycles. The van der Waals surface area contributed by atoms with Gasteiger partial charge >= 0.3 is 0 Å². The molecule has 0 aromatic heterocycles. The summed E-state index contributed by atoms with van der Waals surface area (Å²) in [5.41, 5.74) is 1.17. The number of methoxy groups -OCH3 is 2. The van der Waals surface area contributed by atoms with Gasteiger partial charge in [-0.2, -0.15) is 0 Å². The smallest absolute Gasteiger partial charge is 0.105 e. The van der Waals surface area contributed by atoms with E-state index in [0.717, 1.165) is 52.9 Å². The molecule has 30 heavy (non-hydrogen) atoms. The van der Waals surface area contributed by atoms with Crippen LogP contribution in [-0.2, 0) is 14.2 Å². The van der Waals surface area contributed by atoms with Gasteiger partial charge in [0.25, 0.3) is 0 Å². The van der Waals surface area contributed by atoms with Crippen molar-refractivity contribution in [3.8, 4) is 0 Å². The number of allylic oxidation sites excluding steroid dienone is 2. The fourth-order valence-corrected chi connectivity index (χ4v) is 3.71. The molecule has 6 atom stereocenters. The summed E-state index contributed by atoms with van der Waals surface area (Å²) in [6, 6.07) is 0. The fraction of sp³-hybridized carbons (Fsp3) is 0.833. The maximum absolute atomic E-state index is 10.4. The Morgan fingerprint density at radius 3 is 2.30 bits per heavy atom. The molecule has 180 valence electrons. The van der Waals surface area contributed by atoms with Crippen LogP contribution in [0.3, 0.4) is 0 Å². The maximum Gasteiger partial charge on any atom is 0.105 e. The molecular formula is C24H48O6. The molecule has 0 radical (unpaired) electrons. The summed E-state index contributed by atoms with van der Waals surface area (Å²) in [5.74, 6) is 0.590. The molecule has 6 heteroatoms. The number of hydrogen-bond donors (Lipinski definition) is 3. The van der Waals surface area contributed by atoms with E-state index in [1.54, 1.807) is 14.2 Å². The van der Waals surface area contributed by atoms with Gasteiger partial charge in [-0.25, -0.2) is 0 Å². The van der Waals surface area contributed by atoms with E-state index in [2.05, 4.69) is 39.8 Å². The average molecular weight is 433 g/mol. The van der Waals surface area contributed by atoms with Crippen molar-refractivity contribution in [2.45, 2.75) is 84.2 Å². The predicted octanol–water partition coefficient (Wildman–Crippen LogP) is 3.74. The van der Waals surface area contributed by atoms with Crippen LogP contribution in [0.15, 0.2) is 23.8 Å². The molecule has 0 aromatic carbocycles. The molecule has 1 fully saturated rings. The van der Waals surface area contributed by atoms with Crippen molar-refractivity contribution in [1.29, 1.82) is 0 Å². The molecule has 0 saturated carbocycles. The minimum atomic E-state index is -0.325. The third kappa shape index (κ3) is 12.2. The summed E-state index contributed by atoms with van der Waals surface area (Å²) >= 11 is 0. The monoisotopic (exact) mass is 432 g/mol. The Morgan fingerprint density at radius 2 is 1.77 bits per heavy atom. The lowest BCUT2D eigenvalue weighted by Crippen LogP contribution is -2.36. The highest BCUT2D eigenvalue weighted by Crippen LogP contribution is 2.23. The van der Waals surface area contributed by atoms with Crippen LogP contribution in [0.1, 0.15) is 59.8 Å². The number of aliphatic hydroxyl groups excluding tert-OH is 3. The van der Waals surface area contributed by atoms with Gasteiger partial charge in [-0.3, -0.25) is 0 Å². The lowest BCUT2D eigenvalue weighted by molar-refractivity contribution is -0.0727. The zero-order valence-electron chi connectivity index (χ0n) is 20.5. The van der Waals surface area contributed by atoms with Crippen molar-refractivity contribution in [2.75, 3.05) is 35.0 Å². The van der Waals surface area contributed by atoms with Crippen LogP contribution < -0.4 is 0 Å². The summed E-state index contributed by atoms with van der Waals surface area (Å²) in [6.07, 6.45) is 11.2. The highest BCUT2D eigenvalue weighted by Gasteiger charge is 2.26. The summed E-state index contributed by atoms with van der Waals surface area (Å²) in [7, 11) is 5.52. The summed E-state index contributed by atoms with van der Waals surface area (Å²) < 4.78 is 16.9. The van der Waals surface area contributed by atoms with Crippen LogP contribution in [0.25, 0.3) is 0 Å². The SMILES string of the molecule is CCC(OC)C(C)CCC(O)C(C)/C=C/C=C(\C)C1OCCCC1OC.CO.CO. The van der Waals surface area contributed by atoms with E-state index in [-0.39, 0.29) is 30.3 Å². The topological polar surface area (TPSA) is 88.4 Å². The number of ether oxygens (including phenoxy) is 3. The first-order chi connectivity index (χ1) is 14.4. The Morgan fingerprint density at radius 1 is 1.13 bits per heavy atom. The normalized spacial score (nSPS) is 23.5. The molecule has 0 bridgehead atoms. The van der Waals surface area contributed by atoms with Crippen LogP contribution in [-0.4, -0.2) is 74.8 Å². The zero-order chi connectivity index (χ0) is 23.5. The highest BCUT2D eigenvalue weighted by molar-refractivity contribution is 5.17. The third-order valence-corrected chi connectivity index (χ3v) is 5.66. The molecule has 6 nitrogen and oxygen atoms in total.